The van der Waals surface area contributed by atoms with Crippen molar-refractivity contribution in [3.63, 3.8) is 0 Å². The van der Waals surface area contributed by atoms with Crippen molar-refractivity contribution in [2.24, 2.45) is 0 Å². The summed E-state index contributed by atoms with van der Waals surface area (Å²) in [5, 5.41) is 0. The molecule has 0 bridgehead atoms. The maximum Gasteiger partial charge on any atom is 0.306 e. The molecule has 0 aromatic rings. The van der Waals surface area contributed by atoms with E-state index in [1.807, 2.05) is 0 Å². The number of carbonyl (C=O) groups excluding carboxylic acids is 3. The molecule has 0 aliphatic rings. The molecule has 0 fully saturated rings. The summed E-state index contributed by atoms with van der Waals surface area (Å²) >= 11 is 0. The summed E-state index contributed by atoms with van der Waals surface area (Å²) in [4.78, 5) is 38.4. The van der Waals surface area contributed by atoms with E-state index in [1.54, 1.807) is 0 Å². The lowest BCUT2D eigenvalue weighted by Crippen LogP contribution is -2.30. The van der Waals surface area contributed by atoms with Gasteiger partial charge in [-0.1, -0.05) is 340 Å². The number of carbonyl (C=O) groups is 3. The Labute approximate surface area is 493 Å². The first-order valence-electron chi connectivity index (χ1n) is 35.8. The lowest BCUT2D eigenvalue weighted by Gasteiger charge is -2.18. The molecule has 0 aromatic heterocycles. The molecule has 79 heavy (non-hydrogen) atoms. The highest BCUT2D eigenvalue weighted by atomic mass is 16.6. The third-order valence-electron chi connectivity index (χ3n) is 16.4. The zero-order valence-electron chi connectivity index (χ0n) is 53.7. The van der Waals surface area contributed by atoms with E-state index >= 15 is 0 Å². The molecule has 0 aliphatic carbocycles. The van der Waals surface area contributed by atoms with Crippen LogP contribution in [-0.4, -0.2) is 37.2 Å². The molecule has 6 heteroatoms. The number of unbranched alkanes of at least 4 members (excludes halogenated alkanes) is 52. The SMILES string of the molecule is CCCCCCC/C=C\CCCCCCCC(=O)OCC(COC(=O)CCCCCCCCCCCCCCCCCCCCCCCCCCCCCCCCC)OC(=O)CCCCCCC/C=C\CCCCCCCCC. The van der Waals surface area contributed by atoms with E-state index in [1.165, 1.54) is 295 Å². The van der Waals surface area contributed by atoms with Crippen LogP contribution in [0.25, 0.3) is 0 Å². The molecule has 0 saturated carbocycles. The lowest BCUT2D eigenvalue weighted by molar-refractivity contribution is -0.167. The van der Waals surface area contributed by atoms with E-state index in [9.17, 15) is 14.4 Å². The largest absolute Gasteiger partial charge is 0.462 e. The Bertz CT molecular complexity index is 1270. The molecule has 0 saturated heterocycles. The Kier molecular flexibility index (Phi) is 66.6. The van der Waals surface area contributed by atoms with Crippen LogP contribution in [0.4, 0.5) is 0 Å². The molecule has 1 unspecified atom stereocenters. The minimum absolute atomic E-state index is 0.0722. The van der Waals surface area contributed by atoms with Crippen molar-refractivity contribution in [2.75, 3.05) is 13.2 Å². The van der Waals surface area contributed by atoms with Crippen molar-refractivity contribution in [1.82, 2.24) is 0 Å². The molecule has 466 valence electrons. The summed E-state index contributed by atoms with van der Waals surface area (Å²) < 4.78 is 17.0. The summed E-state index contributed by atoms with van der Waals surface area (Å²) in [7, 11) is 0. The molecule has 0 N–H and O–H groups in total. The second-order valence-electron chi connectivity index (χ2n) is 24.5. The maximum absolute atomic E-state index is 12.9. The van der Waals surface area contributed by atoms with Crippen LogP contribution in [0.15, 0.2) is 24.3 Å². The van der Waals surface area contributed by atoms with Crippen LogP contribution in [0.1, 0.15) is 406 Å². The predicted molar refractivity (Wildman–Crippen MR) is 344 cm³/mol. The maximum atomic E-state index is 12.9. The van der Waals surface area contributed by atoms with Gasteiger partial charge in [-0.3, -0.25) is 14.4 Å². The van der Waals surface area contributed by atoms with E-state index in [0.29, 0.717) is 19.3 Å². The summed E-state index contributed by atoms with van der Waals surface area (Å²) in [6.07, 6.45) is 83.7. The Morgan fingerprint density at radius 3 is 0.633 bits per heavy atom. The monoisotopic (exact) mass is 1110 g/mol. The molecule has 0 aliphatic heterocycles. The van der Waals surface area contributed by atoms with Gasteiger partial charge in [0.2, 0.25) is 0 Å². The van der Waals surface area contributed by atoms with E-state index in [0.717, 1.165) is 70.6 Å². The van der Waals surface area contributed by atoms with Gasteiger partial charge in [0.1, 0.15) is 13.2 Å². The molecular weight excluding hydrogens is 973 g/mol. The van der Waals surface area contributed by atoms with Gasteiger partial charge in [0, 0.05) is 19.3 Å². The average Bonchev–Trinajstić information content (AvgIpc) is 3.45. The molecule has 0 heterocycles. The zero-order valence-corrected chi connectivity index (χ0v) is 53.7. The van der Waals surface area contributed by atoms with Crippen molar-refractivity contribution in [3.05, 3.63) is 24.3 Å². The lowest BCUT2D eigenvalue weighted by atomic mass is 10.0. The number of hydrogen-bond donors (Lipinski definition) is 0. The molecule has 0 aromatic carbocycles. The molecule has 1 atom stereocenters. The van der Waals surface area contributed by atoms with Crippen molar-refractivity contribution < 1.29 is 28.6 Å². The average molecular weight is 1110 g/mol. The normalized spacial score (nSPS) is 12.1. The van der Waals surface area contributed by atoms with E-state index < -0.39 is 6.10 Å². The first-order chi connectivity index (χ1) is 39.0. The third-order valence-corrected chi connectivity index (χ3v) is 16.4. The Hall–Kier alpha value is -2.11. The van der Waals surface area contributed by atoms with Crippen molar-refractivity contribution in [1.29, 1.82) is 0 Å². The predicted octanol–water partition coefficient (Wildman–Crippen LogP) is 24.6. The van der Waals surface area contributed by atoms with E-state index in [4.69, 9.17) is 14.2 Å². The van der Waals surface area contributed by atoms with Crippen molar-refractivity contribution in [3.8, 4) is 0 Å². The molecule has 0 radical (unpaired) electrons. The van der Waals surface area contributed by atoms with Crippen molar-refractivity contribution in [2.45, 2.75) is 412 Å². The van der Waals surface area contributed by atoms with Gasteiger partial charge in [-0.25, -0.2) is 0 Å². The van der Waals surface area contributed by atoms with Gasteiger partial charge in [-0.2, -0.15) is 0 Å². The summed E-state index contributed by atoms with van der Waals surface area (Å²) in [5.74, 6) is -0.861. The van der Waals surface area contributed by atoms with Crippen molar-refractivity contribution >= 4 is 17.9 Å². The number of rotatable bonds is 67. The molecule has 6 nitrogen and oxygen atoms in total. The van der Waals surface area contributed by atoms with Crippen LogP contribution in [0.5, 0.6) is 0 Å². The van der Waals surface area contributed by atoms with Gasteiger partial charge in [0.05, 0.1) is 0 Å². The fourth-order valence-electron chi connectivity index (χ4n) is 11.0. The van der Waals surface area contributed by atoms with Gasteiger partial charge in [0.15, 0.2) is 6.10 Å². The minimum Gasteiger partial charge on any atom is -0.462 e. The number of allylic oxidation sites excluding steroid dienone is 4. The van der Waals surface area contributed by atoms with Gasteiger partial charge < -0.3 is 14.2 Å². The quantitative estimate of drug-likeness (QED) is 0.0261. The first-order valence-corrected chi connectivity index (χ1v) is 35.8. The van der Waals surface area contributed by atoms with Gasteiger partial charge >= 0.3 is 17.9 Å². The van der Waals surface area contributed by atoms with Crippen LogP contribution in [0.2, 0.25) is 0 Å². The summed E-state index contributed by atoms with van der Waals surface area (Å²) in [5.41, 5.74) is 0. The Morgan fingerprint density at radius 1 is 0.241 bits per heavy atom. The molecular formula is C73H138O6. The van der Waals surface area contributed by atoms with Crippen LogP contribution in [-0.2, 0) is 28.6 Å². The first kappa shape index (κ1) is 76.9. The zero-order chi connectivity index (χ0) is 57.1. The standard InChI is InChI=1S/C73H138O6/c1-4-7-10-13-16-19-22-25-28-30-31-32-33-34-35-36-37-38-39-40-41-42-43-44-46-48-51-54-57-60-63-66-72(75)78-69-70(68-77-71(74)65-62-59-56-53-50-47-27-24-21-18-15-12-9-6-3)79-73(76)67-64-61-58-55-52-49-45-29-26-23-20-17-14-11-8-5-2/h24,27,29,45,70H,4-23,25-26,28,30-44,46-69H2,1-3H3/b27-24-,45-29-. The molecule has 0 spiro atoms. The van der Waals surface area contributed by atoms with Gasteiger partial charge in [-0.15, -0.1) is 0 Å². The highest BCUT2D eigenvalue weighted by Gasteiger charge is 2.19. The van der Waals surface area contributed by atoms with Gasteiger partial charge in [0.25, 0.3) is 0 Å². The number of esters is 3. The Balaban J connectivity index is 4.13. The number of hydrogen-bond acceptors (Lipinski definition) is 6. The van der Waals surface area contributed by atoms with Crippen LogP contribution >= 0.6 is 0 Å². The van der Waals surface area contributed by atoms with Gasteiger partial charge in [-0.05, 0) is 70.6 Å². The third kappa shape index (κ3) is 66.6. The number of ether oxygens (including phenoxy) is 3. The second kappa shape index (κ2) is 68.4. The fraction of sp³-hybridized carbons (Fsp3) is 0.904. The van der Waals surface area contributed by atoms with E-state index in [-0.39, 0.29) is 31.1 Å². The van der Waals surface area contributed by atoms with E-state index in [2.05, 4.69) is 45.1 Å². The highest BCUT2D eigenvalue weighted by Crippen LogP contribution is 2.19. The second-order valence-corrected chi connectivity index (χ2v) is 24.5. The van der Waals surface area contributed by atoms with Crippen LogP contribution < -0.4 is 0 Å². The minimum atomic E-state index is -0.777. The van der Waals surface area contributed by atoms with Crippen LogP contribution in [0, 0.1) is 0 Å². The topological polar surface area (TPSA) is 78.9 Å². The summed E-state index contributed by atoms with van der Waals surface area (Å²) in [6, 6.07) is 0. The Morgan fingerprint density at radius 2 is 0.418 bits per heavy atom. The molecule has 0 amide bonds. The fourth-order valence-corrected chi connectivity index (χ4v) is 11.0. The molecule has 0 rings (SSSR count). The summed E-state index contributed by atoms with van der Waals surface area (Å²) in [6.45, 7) is 6.69. The van der Waals surface area contributed by atoms with Crippen LogP contribution in [0.3, 0.4) is 0 Å². The smallest absolute Gasteiger partial charge is 0.306 e. The highest BCUT2D eigenvalue weighted by molar-refractivity contribution is 5.71.